The zero-order valence-electron chi connectivity index (χ0n) is 12.5. The molecule has 0 saturated carbocycles. The average Bonchev–Trinajstić information content (AvgIpc) is 2.38. The minimum atomic E-state index is 0.350. The number of nitrogens with zero attached hydrogens (tertiary/aromatic N) is 3. The van der Waals surface area contributed by atoms with Gasteiger partial charge in [-0.2, -0.15) is 4.98 Å². The Balaban J connectivity index is 2.92. The number of nitrogens with two attached hydrogens (primary N) is 1. The lowest BCUT2D eigenvalue weighted by Crippen LogP contribution is -2.33. The fourth-order valence-corrected chi connectivity index (χ4v) is 1.99. The molecule has 0 spiro atoms. The Morgan fingerprint density at radius 2 is 2.00 bits per heavy atom. The van der Waals surface area contributed by atoms with Crippen LogP contribution in [0, 0.1) is 0 Å². The summed E-state index contributed by atoms with van der Waals surface area (Å²) in [5, 5.41) is 0. The molecule has 0 radical (unpaired) electrons. The molecule has 1 aromatic rings. The molecule has 1 heterocycles. The Morgan fingerprint density at radius 1 is 1.26 bits per heavy atom. The Kier molecular flexibility index (Phi) is 6.39. The van der Waals surface area contributed by atoms with Crippen molar-refractivity contribution in [3.05, 3.63) is 6.33 Å². The second-order valence-corrected chi connectivity index (χ2v) is 4.84. The monoisotopic (exact) mass is 266 g/mol. The van der Waals surface area contributed by atoms with Gasteiger partial charge in [-0.15, -0.1) is 0 Å². The highest BCUT2D eigenvalue weighted by molar-refractivity contribution is 5.68. The van der Waals surface area contributed by atoms with Gasteiger partial charge in [-0.3, -0.25) is 0 Å². The van der Waals surface area contributed by atoms with Gasteiger partial charge in [0.1, 0.15) is 12.0 Å². The Hall–Kier alpha value is -1.52. The largest absolute Gasteiger partial charge is 0.476 e. The molecule has 2 N–H and O–H groups in total. The first-order valence-corrected chi connectivity index (χ1v) is 7.11. The number of hydrogen-bond donors (Lipinski definition) is 1. The number of ether oxygens (including phenoxy) is 1. The lowest BCUT2D eigenvalue weighted by Gasteiger charge is -2.29. The van der Waals surface area contributed by atoms with Crippen LogP contribution in [0.4, 0.5) is 11.5 Å². The molecule has 5 heteroatoms. The van der Waals surface area contributed by atoms with Crippen LogP contribution in [-0.4, -0.2) is 29.2 Å². The van der Waals surface area contributed by atoms with Gasteiger partial charge in [0, 0.05) is 12.6 Å². The Morgan fingerprint density at radius 3 is 2.58 bits per heavy atom. The molecule has 0 saturated heterocycles. The summed E-state index contributed by atoms with van der Waals surface area (Å²) in [5.74, 6) is 1.26. The zero-order valence-corrected chi connectivity index (χ0v) is 12.5. The zero-order chi connectivity index (χ0) is 14.3. The summed E-state index contributed by atoms with van der Waals surface area (Å²) in [6.07, 6.45) is 5.08. The van der Waals surface area contributed by atoms with Crippen LogP contribution < -0.4 is 15.4 Å². The lowest BCUT2D eigenvalue weighted by molar-refractivity contribution is 0.328. The van der Waals surface area contributed by atoms with Crippen molar-refractivity contribution >= 4 is 11.5 Å². The number of unbranched alkanes of at least 4 members (excludes halogenated alkanes) is 2. The van der Waals surface area contributed by atoms with Crippen LogP contribution in [0.25, 0.3) is 0 Å². The molecular weight excluding hydrogens is 240 g/mol. The summed E-state index contributed by atoms with van der Waals surface area (Å²) in [6.45, 7) is 9.92. The van der Waals surface area contributed by atoms with Crippen molar-refractivity contribution in [1.82, 2.24) is 9.97 Å². The molecule has 0 aliphatic rings. The van der Waals surface area contributed by atoms with E-state index in [1.807, 2.05) is 6.92 Å². The highest BCUT2D eigenvalue weighted by Gasteiger charge is 2.17. The maximum Gasteiger partial charge on any atom is 0.242 e. The van der Waals surface area contributed by atoms with Gasteiger partial charge in [-0.25, -0.2) is 4.98 Å². The van der Waals surface area contributed by atoms with Gasteiger partial charge >= 0.3 is 0 Å². The highest BCUT2D eigenvalue weighted by Crippen LogP contribution is 2.29. The summed E-state index contributed by atoms with van der Waals surface area (Å²) in [4.78, 5) is 10.6. The van der Waals surface area contributed by atoms with Crippen molar-refractivity contribution in [1.29, 1.82) is 0 Å². The topological polar surface area (TPSA) is 64.3 Å². The van der Waals surface area contributed by atoms with E-state index in [0.717, 1.165) is 18.8 Å². The summed E-state index contributed by atoms with van der Waals surface area (Å²) >= 11 is 0. The van der Waals surface area contributed by atoms with Gasteiger partial charge in [0.2, 0.25) is 5.88 Å². The van der Waals surface area contributed by atoms with Gasteiger partial charge in [0.25, 0.3) is 0 Å². The van der Waals surface area contributed by atoms with Crippen molar-refractivity contribution in [2.45, 2.75) is 53.0 Å². The number of hydrogen-bond acceptors (Lipinski definition) is 5. The van der Waals surface area contributed by atoms with Gasteiger partial charge in [0.15, 0.2) is 5.82 Å². The molecule has 0 aromatic carbocycles. The van der Waals surface area contributed by atoms with Crippen LogP contribution in [0.2, 0.25) is 0 Å². The minimum Gasteiger partial charge on any atom is -0.476 e. The predicted octanol–water partition coefficient (Wildman–Crippen LogP) is 2.86. The van der Waals surface area contributed by atoms with Crippen LogP contribution in [-0.2, 0) is 0 Å². The van der Waals surface area contributed by atoms with E-state index in [1.54, 1.807) is 0 Å². The summed E-state index contributed by atoms with van der Waals surface area (Å²) in [6, 6.07) is 0.350. The van der Waals surface area contributed by atoms with E-state index in [-0.39, 0.29) is 0 Å². The molecule has 0 unspecified atom stereocenters. The second-order valence-electron chi connectivity index (χ2n) is 4.84. The molecule has 19 heavy (non-hydrogen) atoms. The fourth-order valence-electron chi connectivity index (χ4n) is 1.99. The van der Waals surface area contributed by atoms with Gasteiger partial charge in [-0.05, 0) is 27.2 Å². The Bertz CT molecular complexity index is 382. The summed E-state index contributed by atoms with van der Waals surface area (Å²) < 4.78 is 5.43. The van der Waals surface area contributed by atoms with Crippen LogP contribution in [0.15, 0.2) is 6.33 Å². The standard InChI is InChI=1S/C14H26N4O/c1-5-7-8-9-18(11(3)4)13-12(15)14(19-6-2)17-10-16-13/h10-11H,5-9,15H2,1-4H3. The molecule has 0 aliphatic heterocycles. The van der Waals surface area contributed by atoms with E-state index >= 15 is 0 Å². The fraction of sp³-hybridized carbons (Fsp3) is 0.714. The van der Waals surface area contributed by atoms with Gasteiger partial charge < -0.3 is 15.4 Å². The molecular formula is C14H26N4O. The first-order chi connectivity index (χ1) is 9.11. The third-order valence-corrected chi connectivity index (χ3v) is 3.01. The molecule has 0 fully saturated rings. The highest BCUT2D eigenvalue weighted by atomic mass is 16.5. The summed E-state index contributed by atoms with van der Waals surface area (Å²) in [5.41, 5.74) is 6.66. The molecule has 1 aromatic heterocycles. The van der Waals surface area contributed by atoms with E-state index in [4.69, 9.17) is 10.5 Å². The third kappa shape index (κ3) is 4.26. The normalized spacial score (nSPS) is 10.8. The summed E-state index contributed by atoms with van der Waals surface area (Å²) in [7, 11) is 0. The predicted molar refractivity (Wildman–Crippen MR) is 79.6 cm³/mol. The van der Waals surface area contributed by atoms with Crippen molar-refractivity contribution in [2.24, 2.45) is 0 Å². The SMILES string of the molecule is CCCCCN(c1ncnc(OCC)c1N)C(C)C. The van der Waals surface area contributed by atoms with Crippen LogP contribution in [0.1, 0.15) is 47.0 Å². The molecule has 0 bridgehead atoms. The van der Waals surface area contributed by atoms with E-state index in [1.165, 1.54) is 19.2 Å². The molecule has 0 amide bonds. The third-order valence-electron chi connectivity index (χ3n) is 3.01. The first kappa shape index (κ1) is 15.5. The lowest BCUT2D eigenvalue weighted by atomic mass is 10.2. The molecule has 5 nitrogen and oxygen atoms in total. The van der Waals surface area contributed by atoms with Crippen LogP contribution in [0.5, 0.6) is 5.88 Å². The molecule has 108 valence electrons. The van der Waals surface area contributed by atoms with Crippen molar-refractivity contribution in [3.63, 3.8) is 0 Å². The van der Waals surface area contributed by atoms with Gasteiger partial charge in [-0.1, -0.05) is 19.8 Å². The van der Waals surface area contributed by atoms with Crippen molar-refractivity contribution in [2.75, 3.05) is 23.8 Å². The molecule has 0 aliphatic carbocycles. The van der Waals surface area contributed by atoms with Crippen molar-refractivity contribution in [3.8, 4) is 5.88 Å². The molecule has 0 atom stereocenters. The second kappa shape index (κ2) is 7.81. The minimum absolute atomic E-state index is 0.350. The van der Waals surface area contributed by atoms with E-state index in [0.29, 0.717) is 24.2 Å². The van der Waals surface area contributed by atoms with Gasteiger partial charge in [0.05, 0.1) is 6.61 Å². The number of rotatable bonds is 8. The Labute approximate surface area is 116 Å². The average molecular weight is 266 g/mol. The maximum absolute atomic E-state index is 6.12. The maximum atomic E-state index is 6.12. The van der Waals surface area contributed by atoms with E-state index < -0.39 is 0 Å². The van der Waals surface area contributed by atoms with E-state index in [2.05, 4.69) is 35.6 Å². The number of nitrogen functional groups attached to an aromatic ring is 1. The number of anilines is 2. The quantitative estimate of drug-likeness (QED) is 0.733. The first-order valence-electron chi connectivity index (χ1n) is 7.11. The van der Waals surface area contributed by atoms with E-state index in [9.17, 15) is 0 Å². The van der Waals surface area contributed by atoms with Crippen molar-refractivity contribution < 1.29 is 4.74 Å². The number of aromatic nitrogens is 2. The van der Waals surface area contributed by atoms with Crippen LogP contribution >= 0.6 is 0 Å². The van der Waals surface area contributed by atoms with Crippen LogP contribution in [0.3, 0.4) is 0 Å². The molecule has 1 rings (SSSR count). The smallest absolute Gasteiger partial charge is 0.242 e.